The number of aromatic nitrogens is 1. The predicted molar refractivity (Wildman–Crippen MR) is 92.5 cm³/mol. The highest BCUT2D eigenvalue weighted by Crippen LogP contribution is 2.43. The molecule has 130 valence electrons. The van der Waals surface area contributed by atoms with Crippen LogP contribution < -0.4 is 19.7 Å². The number of carboxylic acids is 1. The molecule has 2 aliphatic heterocycles. The smallest absolute Gasteiger partial charge is 0.326 e. The second-order valence-electron chi connectivity index (χ2n) is 6.85. The van der Waals surface area contributed by atoms with Crippen molar-refractivity contribution in [3.8, 4) is 11.5 Å². The van der Waals surface area contributed by atoms with Crippen LogP contribution in [0.25, 0.3) is 10.8 Å². The number of carbonyl (C=O) groups is 1. The average Bonchev–Trinajstić information content (AvgIpc) is 3.10. The van der Waals surface area contributed by atoms with Crippen LogP contribution in [0.5, 0.6) is 11.5 Å². The van der Waals surface area contributed by atoms with Gasteiger partial charge >= 0.3 is 5.97 Å². The van der Waals surface area contributed by atoms with Gasteiger partial charge in [-0.05, 0) is 37.8 Å². The summed E-state index contributed by atoms with van der Waals surface area (Å²) in [7, 11) is 0. The Morgan fingerprint density at radius 1 is 1.20 bits per heavy atom. The van der Waals surface area contributed by atoms with Crippen LogP contribution in [0.1, 0.15) is 25.7 Å². The van der Waals surface area contributed by atoms with Crippen molar-refractivity contribution in [1.29, 1.82) is 0 Å². The molecular formula is C18H19N3O4. The van der Waals surface area contributed by atoms with Gasteiger partial charge in [0.25, 0.3) is 0 Å². The summed E-state index contributed by atoms with van der Waals surface area (Å²) in [5.74, 6) is 1.32. The Hall–Kier alpha value is -2.70. The van der Waals surface area contributed by atoms with Gasteiger partial charge in [-0.2, -0.15) is 0 Å². The Morgan fingerprint density at radius 3 is 2.68 bits per heavy atom. The monoisotopic (exact) mass is 341 g/mol. The van der Waals surface area contributed by atoms with Crippen molar-refractivity contribution < 1.29 is 19.4 Å². The first-order chi connectivity index (χ1) is 12.2. The SMILES string of the molecule is O=C(O)C1CCCN1c1ncc(NC2CC2)c2cc3c(cc12)OCO3. The summed E-state index contributed by atoms with van der Waals surface area (Å²) in [6.07, 6.45) is 5.65. The quantitative estimate of drug-likeness (QED) is 0.884. The summed E-state index contributed by atoms with van der Waals surface area (Å²) in [5, 5.41) is 14.9. The first kappa shape index (κ1) is 14.6. The summed E-state index contributed by atoms with van der Waals surface area (Å²) in [6, 6.07) is 3.87. The molecule has 2 N–H and O–H groups in total. The molecule has 0 radical (unpaired) electrons. The van der Waals surface area contributed by atoms with Gasteiger partial charge in [-0.1, -0.05) is 0 Å². The van der Waals surface area contributed by atoms with Crippen molar-refractivity contribution in [2.24, 2.45) is 0 Å². The van der Waals surface area contributed by atoms with Gasteiger partial charge in [0.1, 0.15) is 11.9 Å². The molecule has 1 saturated heterocycles. The molecule has 1 atom stereocenters. The molecule has 7 nitrogen and oxygen atoms in total. The Kier molecular flexibility index (Phi) is 3.16. The van der Waals surface area contributed by atoms with E-state index in [1.165, 1.54) is 12.8 Å². The third-order valence-corrected chi connectivity index (χ3v) is 5.11. The van der Waals surface area contributed by atoms with Crippen LogP contribution in [0.15, 0.2) is 18.3 Å². The molecule has 7 heteroatoms. The van der Waals surface area contributed by atoms with Crippen molar-refractivity contribution in [1.82, 2.24) is 4.98 Å². The molecule has 1 aromatic heterocycles. The number of nitrogens with one attached hydrogen (secondary N) is 1. The van der Waals surface area contributed by atoms with E-state index < -0.39 is 12.0 Å². The summed E-state index contributed by atoms with van der Waals surface area (Å²) in [6.45, 7) is 0.907. The molecule has 25 heavy (non-hydrogen) atoms. The fourth-order valence-corrected chi connectivity index (χ4v) is 3.68. The molecule has 1 unspecified atom stereocenters. The van der Waals surface area contributed by atoms with Crippen LogP contribution >= 0.6 is 0 Å². The van der Waals surface area contributed by atoms with Crippen molar-refractivity contribution >= 4 is 28.2 Å². The van der Waals surface area contributed by atoms with Gasteiger partial charge < -0.3 is 24.8 Å². The van der Waals surface area contributed by atoms with Crippen molar-refractivity contribution in [3.63, 3.8) is 0 Å². The Balaban J connectivity index is 1.67. The number of hydrogen-bond acceptors (Lipinski definition) is 6. The Bertz CT molecular complexity index is 865. The Morgan fingerprint density at radius 2 is 1.96 bits per heavy atom. The number of carboxylic acid groups (broad SMARTS) is 1. The van der Waals surface area contributed by atoms with Crippen LogP contribution in [-0.4, -0.2) is 41.5 Å². The zero-order chi connectivity index (χ0) is 17.0. The van der Waals surface area contributed by atoms with Gasteiger partial charge in [-0.3, -0.25) is 0 Å². The standard InChI is InChI=1S/C18H19N3O4/c22-18(23)14-2-1-5-21(14)17-12-7-16-15(24-9-25-16)6-11(12)13(8-19-17)20-10-3-4-10/h6-8,10,14,20H,1-5,9H2,(H,22,23). The number of hydrogen-bond donors (Lipinski definition) is 2. The summed E-state index contributed by atoms with van der Waals surface area (Å²) in [5.41, 5.74) is 0.964. The maximum atomic E-state index is 11.6. The van der Waals surface area contributed by atoms with E-state index in [0.717, 1.165) is 28.6 Å². The minimum Gasteiger partial charge on any atom is -0.480 e. The number of ether oxygens (including phenoxy) is 2. The van der Waals surface area contributed by atoms with Crippen molar-refractivity contribution in [2.75, 3.05) is 23.6 Å². The summed E-state index contributed by atoms with van der Waals surface area (Å²) in [4.78, 5) is 18.1. The number of pyridine rings is 1. The highest BCUT2D eigenvalue weighted by molar-refractivity contribution is 6.03. The molecule has 3 aliphatic rings. The molecule has 1 aliphatic carbocycles. The van der Waals surface area contributed by atoms with E-state index in [2.05, 4.69) is 10.3 Å². The fourth-order valence-electron chi connectivity index (χ4n) is 3.68. The molecular weight excluding hydrogens is 322 g/mol. The van der Waals surface area contributed by atoms with E-state index in [-0.39, 0.29) is 6.79 Å². The number of aliphatic carboxylic acids is 1. The van der Waals surface area contributed by atoms with E-state index >= 15 is 0 Å². The number of anilines is 2. The molecule has 2 fully saturated rings. The minimum atomic E-state index is -0.798. The maximum Gasteiger partial charge on any atom is 0.326 e. The number of nitrogens with zero attached hydrogens (tertiary/aromatic N) is 2. The molecule has 3 heterocycles. The largest absolute Gasteiger partial charge is 0.480 e. The van der Waals surface area contributed by atoms with E-state index in [1.54, 1.807) is 0 Å². The third kappa shape index (κ3) is 2.42. The van der Waals surface area contributed by atoms with Gasteiger partial charge in [0.15, 0.2) is 11.5 Å². The molecule has 1 aromatic carbocycles. The predicted octanol–water partition coefficient (Wildman–Crippen LogP) is 2.59. The first-order valence-corrected chi connectivity index (χ1v) is 8.69. The van der Waals surface area contributed by atoms with Gasteiger partial charge in [0, 0.05) is 23.4 Å². The van der Waals surface area contributed by atoms with E-state index in [4.69, 9.17) is 9.47 Å². The first-order valence-electron chi connectivity index (χ1n) is 8.69. The third-order valence-electron chi connectivity index (χ3n) is 5.11. The van der Waals surface area contributed by atoms with Crippen LogP contribution in [0.4, 0.5) is 11.5 Å². The lowest BCUT2D eigenvalue weighted by Crippen LogP contribution is -2.36. The second kappa shape index (κ2) is 5.40. The molecule has 0 bridgehead atoms. The van der Waals surface area contributed by atoms with Crippen LogP contribution in [0.3, 0.4) is 0 Å². The minimum absolute atomic E-state index is 0.210. The number of benzene rings is 1. The van der Waals surface area contributed by atoms with Crippen LogP contribution in [-0.2, 0) is 4.79 Å². The van der Waals surface area contributed by atoms with Crippen molar-refractivity contribution in [2.45, 2.75) is 37.8 Å². The number of rotatable bonds is 4. The molecule has 5 rings (SSSR count). The Labute approximate surface area is 144 Å². The lowest BCUT2D eigenvalue weighted by atomic mass is 10.1. The van der Waals surface area contributed by atoms with E-state index in [1.807, 2.05) is 23.2 Å². The molecule has 2 aromatic rings. The lowest BCUT2D eigenvalue weighted by Gasteiger charge is -2.25. The highest BCUT2D eigenvalue weighted by Gasteiger charge is 2.33. The van der Waals surface area contributed by atoms with Crippen molar-refractivity contribution in [3.05, 3.63) is 18.3 Å². The zero-order valence-electron chi connectivity index (χ0n) is 13.7. The van der Waals surface area contributed by atoms with Gasteiger partial charge in [-0.25, -0.2) is 9.78 Å². The maximum absolute atomic E-state index is 11.6. The van der Waals surface area contributed by atoms with Gasteiger partial charge in [0.2, 0.25) is 6.79 Å². The summed E-state index contributed by atoms with van der Waals surface area (Å²) < 4.78 is 11.1. The summed E-state index contributed by atoms with van der Waals surface area (Å²) >= 11 is 0. The molecule has 1 saturated carbocycles. The van der Waals surface area contributed by atoms with Crippen LogP contribution in [0.2, 0.25) is 0 Å². The van der Waals surface area contributed by atoms with E-state index in [0.29, 0.717) is 30.6 Å². The van der Waals surface area contributed by atoms with E-state index in [9.17, 15) is 9.90 Å². The van der Waals surface area contributed by atoms with Gasteiger partial charge in [0.05, 0.1) is 11.9 Å². The molecule has 0 spiro atoms. The average molecular weight is 341 g/mol. The number of fused-ring (bicyclic) bond motifs is 2. The van der Waals surface area contributed by atoms with Gasteiger partial charge in [-0.15, -0.1) is 0 Å². The lowest BCUT2D eigenvalue weighted by molar-refractivity contribution is -0.138. The normalized spacial score (nSPS) is 21.8. The fraction of sp³-hybridized carbons (Fsp3) is 0.444. The second-order valence-corrected chi connectivity index (χ2v) is 6.85. The van der Waals surface area contributed by atoms with Crippen LogP contribution in [0, 0.1) is 0 Å². The topological polar surface area (TPSA) is 83.9 Å². The zero-order valence-corrected chi connectivity index (χ0v) is 13.7. The molecule has 0 amide bonds. The highest BCUT2D eigenvalue weighted by atomic mass is 16.7.